The van der Waals surface area contributed by atoms with Crippen LogP contribution in [0.3, 0.4) is 0 Å². The summed E-state index contributed by atoms with van der Waals surface area (Å²) < 4.78 is 41.7. The van der Waals surface area contributed by atoms with E-state index in [1.807, 2.05) is 27.7 Å². The zero-order valence-electron chi connectivity index (χ0n) is 20.1. The standard InChI is InChI=1S/C27H33F3N2O2/c1-16(2)31-14-23(22-10-9-21(29)11-25(22)30)24(15-31)26(33)32-12-17(3)27(34,18(4)13-32)19-5-7-20(28)8-6-19/h5-11,16-18,23-24,34H,12-15H2,1-4H3/t17-,18+,23-,24+,27?/m0/s1. The Balaban J connectivity index is 1.59. The first-order chi connectivity index (χ1) is 16.0. The molecule has 4 rings (SSSR count). The van der Waals surface area contributed by atoms with Crippen molar-refractivity contribution in [1.82, 2.24) is 9.80 Å². The zero-order chi connectivity index (χ0) is 24.8. The van der Waals surface area contributed by atoms with Crippen molar-refractivity contribution in [3.8, 4) is 0 Å². The Labute approximate surface area is 199 Å². The molecule has 7 heteroatoms. The molecule has 0 bridgehead atoms. The minimum atomic E-state index is -1.19. The normalized spacial score (nSPS) is 30.2. The molecule has 2 heterocycles. The molecule has 0 spiro atoms. The largest absolute Gasteiger partial charge is 0.384 e. The number of nitrogens with zero attached hydrogens (tertiary/aromatic N) is 2. The van der Waals surface area contributed by atoms with E-state index in [0.29, 0.717) is 37.3 Å². The lowest BCUT2D eigenvalue weighted by atomic mass is 9.70. The van der Waals surface area contributed by atoms with Gasteiger partial charge < -0.3 is 10.0 Å². The number of benzene rings is 2. The molecule has 1 unspecified atom stereocenters. The van der Waals surface area contributed by atoms with E-state index >= 15 is 0 Å². The average molecular weight is 475 g/mol. The van der Waals surface area contributed by atoms with E-state index in [1.54, 1.807) is 17.0 Å². The highest BCUT2D eigenvalue weighted by Crippen LogP contribution is 2.43. The average Bonchev–Trinajstić information content (AvgIpc) is 3.22. The summed E-state index contributed by atoms with van der Waals surface area (Å²) in [5.41, 5.74) is -0.185. The minimum Gasteiger partial charge on any atom is -0.384 e. The molecule has 2 saturated heterocycles. The number of hydrogen-bond donors (Lipinski definition) is 1. The van der Waals surface area contributed by atoms with Gasteiger partial charge in [0.25, 0.3) is 0 Å². The molecular weight excluding hydrogens is 441 g/mol. The Hall–Kier alpha value is -2.38. The quantitative estimate of drug-likeness (QED) is 0.708. The topological polar surface area (TPSA) is 43.8 Å². The van der Waals surface area contributed by atoms with Gasteiger partial charge in [0.1, 0.15) is 17.5 Å². The van der Waals surface area contributed by atoms with E-state index in [-0.39, 0.29) is 35.5 Å². The molecule has 34 heavy (non-hydrogen) atoms. The smallest absolute Gasteiger partial charge is 0.227 e. The molecular formula is C27H33F3N2O2. The summed E-state index contributed by atoms with van der Waals surface area (Å²) in [5, 5.41) is 11.6. The van der Waals surface area contributed by atoms with Crippen LogP contribution in [0.4, 0.5) is 13.2 Å². The third-order valence-corrected chi connectivity index (χ3v) is 7.87. The lowest BCUT2D eigenvalue weighted by molar-refractivity contribution is -0.152. The second-order valence-corrected chi connectivity index (χ2v) is 10.3. The van der Waals surface area contributed by atoms with Crippen LogP contribution >= 0.6 is 0 Å². The number of likely N-dealkylation sites (tertiary alicyclic amines) is 2. The van der Waals surface area contributed by atoms with Gasteiger partial charge in [-0.25, -0.2) is 13.2 Å². The molecule has 2 aliphatic rings. The van der Waals surface area contributed by atoms with Gasteiger partial charge in [-0.2, -0.15) is 0 Å². The Morgan fingerprint density at radius 1 is 0.941 bits per heavy atom. The zero-order valence-corrected chi connectivity index (χ0v) is 20.1. The van der Waals surface area contributed by atoms with Gasteiger partial charge in [-0.15, -0.1) is 0 Å². The van der Waals surface area contributed by atoms with E-state index in [2.05, 4.69) is 4.90 Å². The van der Waals surface area contributed by atoms with Crippen molar-refractivity contribution in [3.63, 3.8) is 0 Å². The van der Waals surface area contributed by atoms with Crippen molar-refractivity contribution in [2.45, 2.75) is 45.3 Å². The van der Waals surface area contributed by atoms with Crippen LogP contribution in [0, 0.1) is 35.2 Å². The van der Waals surface area contributed by atoms with Gasteiger partial charge in [-0.3, -0.25) is 9.69 Å². The number of hydrogen-bond acceptors (Lipinski definition) is 3. The van der Waals surface area contributed by atoms with Gasteiger partial charge in [-0.1, -0.05) is 32.0 Å². The number of aliphatic hydroxyl groups is 1. The number of carbonyl (C=O) groups excluding carboxylic acids is 1. The Kier molecular flexibility index (Phi) is 6.80. The molecule has 2 aliphatic heterocycles. The molecule has 2 fully saturated rings. The second-order valence-electron chi connectivity index (χ2n) is 10.3. The van der Waals surface area contributed by atoms with Crippen LogP contribution in [-0.2, 0) is 10.4 Å². The first-order valence-corrected chi connectivity index (χ1v) is 12.0. The van der Waals surface area contributed by atoms with Crippen molar-refractivity contribution in [3.05, 3.63) is 71.0 Å². The fourth-order valence-corrected chi connectivity index (χ4v) is 5.82. The summed E-state index contributed by atoms with van der Waals surface area (Å²) in [4.78, 5) is 17.7. The summed E-state index contributed by atoms with van der Waals surface area (Å²) in [7, 11) is 0. The predicted octanol–water partition coefficient (Wildman–Crippen LogP) is 4.53. The molecule has 184 valence electrons. The molecule has 4 nitrogen and oxygen atoms in total. The lowest BCUT2D eigenvalue weighted by Gasteiger charge is -2.48. The lowest BCUT2D eigenvalue weighted by Crippen LogP contribution is -2.57. The summed E-state index contributed by atoms with van der Waals surface area (Å²) >= 11 is 0. The van der Waals surface area contributed by atoms with Crippen LogP contribution in [0.25, 0.3) is 0 Å². The Morgan fingerprint density at radius 2 is 1.53 bits per heavy atom. The van der Waals surface area contributed by atoms with Crippen molar-refractivity contribution in [2.75, 3.05) is 26.2 Å². The van der Waals surface area contributed by atoms with Crippen molar-refractivity contribution >= 4 is 5.91 Å². The first-order valence-electron chi connectivity index (χ1n) is 12.0. The van der Waals surface area contributed by atoms with Gasteiger partial charge in [0, 0.05) is 56.0 Å². The monoisotopic (exact) mass is 474 g/mol. The fraction of sp³-hybridized carbons (Fsp3) is 0.519. The molecule has 5 atom stereocenters. The number of amides is 1. The van der Waals surface area contributed by atoms with E-state index in [0.717, 1.165) is 6.07 Å². The molecule has 0 aliphatic carbocycles. The highest BCUT2D eigenvalue weighted by atomic mass is 19.1. The van der Waals surface area contributed by atoms with Gasteiger partial charge in [-0.05, 0) is 43.2 Å². The fourth-order valence-electron chi connectivity index (χ4n) is 5.82. The number of rotatable bonds is 4. The second kappa shape index (κ2) is 9.34. The van der Waals surface area contributed by atoms with E-state index in [9.17, 15) is 23.1 Å². The van der Waals surface area contributed by atoms with Crippen LogP contribution in [0.1, 0.15) is 44.7 Å². The highest BCUT2D eigenvalue weighted by molar-refractivity contribution is 5.81. The van der Waals surface area contributed by atoms with Crippen LogP contribution in [0.15, 0.2) is 42.5 Å². The van der Waals surface area contributed by atoms with Gasteiger partial charge in [0.15, 0.2) is 0 Å². The van der Waals surface area contributed by atoms with Crippen LogP contribution in [-0.4, -0.2) is 53.0 Å². The molecule has 1 amide bonds. The molecule has 1 N–H and O–H groups in total. The summed E-state index contributed by atoms with van der Waals surface area (Å²) in [5.74, 6) is -3.10. The summed E-state index contributed by atoms with van der Waals surface area (Å²) in [6.45, 7) is 9.57. The van der Waals surface area contributed by atoms with E-state index in [1.165, 1.54) is 24.3 Å². The van der Waals surface area contributed by atoms with Gasteiger partial charge in [0.05, 0.1) is 11.5 Å². The van der Waals surface area contributed by atoms with Crippen LogP contribution < -0.4 is 0 Å². The van der Waals surface area contributed by atoms with Crippen LogP contribution in [0.2, 0.25) is 0 Å². The third-order valence-electron chi connectivity index (χ3n) is 7.87. The maximum absolute atomic E-state index is 14.7. The summed E-state index contributed by atoms with van der Waals surface area (Å²) in [6.07, 6.45) is 0. The Bertz CT molecular complexity index is 1030. The molecule has 2 aromatic rings. The summed E-state index contributed by atoms with van der Waals surface area (Å²) in [6, 6.07) is 9.64. The molecule has 0 radical (unpaired) electrons. The minimum absolute atomic E-state index is 0.0725. The van der Waals surface area contributed by atoms with Gasteiger partial charge >= 0.3 is 0 Å². The van der Waals surface area contributed by atoms with Crippen molar-refractivity contribution in [2.24, 2.45) is 17.8 Å². The number of piperidine rings is 1. The first kappa shape index (κ1) is 24.7. The third kappa shape index (κ3) is 4.36. The predicted molar refractivity (Wildman–Crippen MR) is 125 cm³/mol. The van der Waals surface area contributed by atoms with Crippen LogP contribution in [0.5, 0.6) is 0 Å². The molecule has 0 aromatic heterocycles. The maximum atomic E-state index is 14.7. The maximum Gasteiger partial charge on any atom is 0.227 e. The van der Waals surface area contributed by atoms with E-state index in [4.69, 9.17) is 0 Å². The van der Waals surface area contributed by atoms with Crippen molar-refractivity contribution < 1.29 is 23.1 Å². The van der Waals surface area contributed by atoms with E-state index < -0.39 is 23.2 Å². The molecule has 2 aromatic carbocycles. The molecule has 0 saturated carbocycles. The number of halogens is 3. The SMILES string of the molecule is CC(C)N1C[C@@H](C(=O)N2C[C@@H](C)C(O)(c3ccc(F)cc3)[C@@H](C)C2)[C@H](c2ccc(F)cc2F)C1. The highest BCUT2D eigenvalue weighted by Gasteiger charge is 2.49. The number of carbonyl (C=O) groups is 1. The van der Waals surface area contributed by atoms with Crippen molar-refractivity contribution in [1.29, 1.82) is 0 Å². The Morgan fingerprint density at radius 3 is 2.09 bits per heavy atom. The van der Waals surface area contributed by atoms with Gasteiger partial charge in [0.2, 0.25) is 5.91 Å².